The Hall–Kier alpha value is -1.67. The van der Waals surface area contributed by atoms with Gasteiger partial charge in [0.25, 0.3) is 0 Å². The number of phenols is 1. The smallest absolute Gasteiger partial charge is 0.337 e. The molecule has 0 saturated heterocycles. The minimum atomic E-state index is -4.07. The molecule has 1 unspecified atom stereocenters. The Morgan fingerprint density at radius 3 is 2.35 bits per heavy atom. The number of phenolic OH excluding ortho intramolecular Hbond substituents is 1. The predicted octanol–water partition coefficient (Wildman–Crippen LogP) is 0.0528. The zero-order valence-electron chi connectivity index (χ0n) is 8.58. The average Bonchev–Trinajstić information content (AvgIpc) is 2.14. The number of aliphatic hydroxyl groups excluding tert-OH is 1. The maximum absolute atomic E-state index is 13.7. The highest BCUT2D eigenvalue weighted by atomic mass is 32.2. The van der Waals surface area contributed by atoms with Crippen molar-refractivity contribution in [3.8, 4) is 5.75 Å². The Morgan fingerprint density at radius 1 is 1.41 bits per heavy atom. The van der Waals surface area contributed by atoms with Crippen LogP contribution in [0.15, 0.2) is 17.0 Å². The first kappa shape index (κ1) is 13.4. The molecular weight excluding hydrogens is 255 g/mol. The molecule has 0 fully saturated rings. The second kappa shape index (κ2) is 4.30. The summed E-state index contributed by atoms with van der Waals surface area (Å²) in [4.78, 5) is 9.44. The third-order valence-corrected chi connectivity index (χ3v) is 3.14. The van der Waals surface area contributed by atoms with Crippen molar-refractivity contribution in [2.24, 2.45) is 0 Å². The number of carboxylic acid groups (broad SMARTS) is 1. The highest BCUT2D eigenvalue weighted by Crippen LogP contribution is 2.30. The summed E-state index contributed by atoms with van der Waals surface area (Å²) in [5.74, 6) is -4.04. The molecule has 0 spiro atoms. The summed E-state index contributed by atoms with van der Waals surface area (Å²) in [5.41, 5.74) is -0.726. The monoisotopic (exact) mass is 264 g/mol. The highest BCUT2D eigenvalue weighted by Gasteiger charge is 2.27. The van der Waals surface area contributed by atoms with Crippen LogP contribution in [0, 0.1) is 5.82 Å². The lowest BCUT2D eigenvalue weighted by Gasteiger charge is -2.11. The molecule has 0 saturated carbocycles. The molecule has 0 aromatic heterocycles. The number of aliphatic hydroxyl groups is 1. The van der Waals surface area contributed by atoms with Crippen LogP contribution >= 0.6 is 0 Å². The summed E-state index contributed by atoms with van der Waals surface area (Å²) >= 11 is 0. The third kappa shape index (κ3) is 2.53. The molecule has 0 amide bonds. The molecule has 3 N–H and O–H groups in total. The van der Waals surface area contributed by atoms with E-state index in [2.05, 4.69) is 0 Å². The van der Waals surface area contributed by atoms with Gasteiger partial charge in [-0.2, -0.15) is 0 Å². The van der Waals surface area contributed by atoms with E-state index in [1.807, 2.05) is 0 Å². The van der Waals surface area contributed by atoms with Crippen LogP contribution in [0.2, 0.25) is 0 Å². The standard InChI is InChI=1S/C9H9FO6S/c1-17(15,16)8-5(11)3-2-4(6(8)10)7(12)9(13)14/h2-3,7,11-12H,1H3,(H,13,14). The van der Waals surface area contributed by atoms with Crippen molar-refractivity contribution < 1.29 is 32.9 Å². The van der Waals surface area contributed by atoms with E-state index in [1.54, 1.807) is 0 Å². The van der Waals surface area contributed by atoms with Gasteiger partial charge in [0.15, 0.2) is 21.8 Å². The summed E-state index contributed by atoms with van der Waals surface area (Å²) in [6.07, 6.45) is -1.54. The summed E-state index contributed by atoms with van der Waals surface area (Å²) in [6.45, 7) is 0. The number of rotatable bonds is 3. The normalized spacial score (nSPS) is 13.4. The molecule has 1 aromatic rings. The van der Waals surface area contributed by atoms with E-state index in [4.69, 9.17) is 10.2 Å². The fraction of sp³-hybridized carbons (Fsp3) is 0.222. The van der Waals surface area contributed by atoms with Crippen molar-refractivity contribution >= 4 is 15.8 Å². The molecule has 0 aliphatic rings. The van der Waals surface area contributed by atoms with Crippen molar-refractivity contribution in [3.05, 3.63) is 23.5 Å². The van der Waals surface area contributed by atoms with Crippen LogP contribution in [0.4, 0.5) is 4.39 Å². The summed E-state index contributed by atoms with van der Waals surface area (Å²) in [7, 11) is -4.07. The van der Waals surface area contributed by atoms with Crippen molar-refractivity contribution in [1.82, 2.24) is 0 Å². The molecule has 1 rings (SSSR count). The van der Waals surface area contributed by atoms with Crippen LogP contribution in [0.3, 0.4) is 0 Å². The number of halogens is 1. The zero-order valence-corrected chi connectivity index (χ0v) is 9.40. The number of aliphatic carboxylic acids is 1. The maximum atomic E-state index is 13.7. The number of aromatic hydroxyl groups is 1. The number of hydrogen-bond donors (Lipinski definition) is 3. The van der Waals surface area contributed by atoms with Crippen molar-refractivity contribution in [3.63, 3.8) is 0 Å². The summed E-state index contributed by atoms with van der Waals surface area (Å²) < 4.78 is 36.1. The van der Waals surface area contributed by atoms with Gasteiger partial charge in [0.05, 0.1) is 0 Å². The van der Waals surface area contributed by atoms with E-state index in [1.165, 1.54) is 0 Å². The number of hydrogen-bond acceptors (Lipinski definition) is 5. The van der Waals surface area contributed by atoms with Crippen molar-refractivity contribution in [1.29, 1.82) is 0 Å². The van der Waals surface area contributed by atoms with E-state index in [0.29, 0.717) is 6.26 Å². The highest BCUT2D eigenvalue weighted by molar-refractivity contribution is 7.90. The third-order valence-electron chi connectivity index (χ3n) is 2.01. The Kier molecular flexibility index (Phi) is 3.39. The van der Waals surface area contributed by atoms with Crippen LogP contribution in [0.5, 0.6) is 5.75 Å². The SMILES string of the molecule is CS(=O)(=O)c1c(O)ccc(C(O)C(=O)O)c1F. The van der Waals surface area contributed by atoms with Crippen LogP contribution in [-0.4, -0.2) is 36.0 Å². The molecule has 17 heavy (non-hydrogen) atoms. The van der Waals surface area contributed by atoms with Gasteiger partial charge >= 0.3 is 5.97 Å². The fourth-order valence-electron chi connectivity index (χ4n) is 1.26. The molecule has 6 nitrogen and oxygen atoms in total. The Bertz CT molecular complexity index is 565. The molecule has 8 heteroatoms. The topological polar surface area (TPSA) is 112 Å². The van der Waals surface area contributed by atoms with Crippen LogP contribution in [0.1, 0.15) is 11.7 Å². The number of benzene rings is 1. The number of carboxylic acids is 1. The van der Waals surface area contributed by atoms with Crippen molar-refractivity contribution in [2.75, 3.05) is 6.26 Å². The van der Waals surface area contributed by atoms with Gasteiger partial charge in [-0.3, -0.25) is 0 Å². The minimum absolute atomic E-state index is 0.655. The average molecular weight is 264 g/mol. The van der Waals surface area contributed by atoms with E-state index < -0.39 is 43.9 Å². The molecule has 0 aliphatic carbocycles. The Balaban J connectivity index is 3.55. The molecule has 0 aliphatic heterocycles. The lowest BCUT2D eigenvalue weighted by atomic mass is 10.1. The van der Waals surface area contributed by atoms with Crippen LogP contribution in [0.25, 0.3) is 0 Å². The van der Waals surface area contributed by atoms with Gasteiger partial charge in [0, 0.05) is 11.8 Å². The lowest BCUT2D eigenvalue weighted by molar-refractivity contribution is -0.147. The maximum Gasteiger partial charge on any atom is 0.337 e. The second-order valence-electron chi connectivity index (χ2n) is 3.33. The van der Waals surface area contributed by atoms with Gasteiger partial charge in [-0.1, -0.05) is 0 Å². The number of sulfone groups is 1. The Morgan fingerprint density at radius 2 is 1.94 bits per heavy atom. The molecule has 94 valence electrons. The molecule has 0 heterocycles. The Labute approximate surface area is 95.9 Å². The van der Waals surface area contributed by atoms with Gasteiger partial charge < -0.3 is 15.3 Å². The molecule has 0 radical (unpaired) electrons. The van der Waals surface area contributed by atoms with Crippen LogP contribution in [-0.2, 0) is 14.6 Å². The predicted molar refractivity (Wildman–Crippen MR) is 53.8 cm³/mol. The van der Waals surface area contributed by atoms with E-state index in [-0.39, 0.29) is 0 Å². The lowest BCUT2D eigenvalue weighted by Crippen LogP contribution is -2.14. The van der Waals surface area contributed by atoms with E-state index in [9.17, 15) is 22.7 Å². The first-order valence-electron chi connectivity index (χ1n) is 4.28. The largest absolute Gasteiger partial charge is 0.506 e. The number of carbonyl (C=O) groups is 1. The minimum Gasteiger partial charge on any atom is -0.506 e. The van der Waals surface area contributed by atoms with Gasteiger partial charge in [0.2, 0.25) is 0 Å². The van der Waals surface area contributed by atoms with Crippen molar-refractivity contribution in [2.45, 2.75) is 11.0 Å². The zero-order chi connectivity index (χ0) is 13.4. The van der Waals surface area contributed by atoms with E-state index in [0.717, 1.165) is 12.1 Å². The van der Waals surface area contributed by atoms with Gasteiger partial charge in [0.1, 0.15) is 10.6 Å². The molecule has 1 atom stereocenters. The fourth-order valence-corrected chi connectivity index (χ4v) is 2.15. The molecule has 1 aromatic carbocycles. The quantitative estimate of drug-likeness (QED) is 0.711. The summed E-state index contributed by atoms with van der Waals surface area (Å²) in [6, 6.07) is 1.61. The summed E-state index contributed by atoms with van der Waals surface area (Å²) in [5, 5.41) is 26.9. The first-order valence-corrected chi connectivity index (χ1v) is 6.17. The molecular formula is C9H9FO6S. The second-order valence-corrected chi connectivity index (χ2v) is 5.28. The molecule has 0 bridgehead atoms. The van der Waals surface area contributed by atoms with E-state index >= 15 is 0 Å². The first-order chi connectivity index (χ1) is 7.66. The van der Waals surface area contributed by atoms with Gasteiger partial charge in [-0.25, -0.2) is 17.6 Å². The van der Waals surface area contributed by atoms with Gasteiger partial charge in [-0.05, 0) is 12.1 Å². The van der Waals surface area contributed by atoms with Crippen LogP contribution < -0.4 is 0 Å². The van der Waals surface area contributed by atoms with Gasteiger partial charge in [-0.15, -0.1) is 0 Å².